The first-order valence-electron chi connectivity index (χ1n) is 14.8. The molecule has 3 fully saturated rings. The van der Waals surface area contributed by atoms with Crippen LogP contribution in [0, 0.1) is 23.7 Å². The molecule has 8 unspecified atom stereocenters. The fourth-order valence-electron chi connectivity index (χ4n) is 7.79. The van der Waals surface area contributed by atoms with Gasteiger partial charge in [0.05, 0.1) is 11.6 Å². The number of hydrogen-bond acceptors (Lipinski definition) is 9. The monoisotopic (exact) mass is 599 g/mol. The number of likely N-dealkylation sites (tertiary alicyclic amines) is 1. The van der Waals surface area contributed by atoms with E-state index in [1.165, 1.54) is 6.07 Å². The Hall–Kier alpha value is -2.79. The highest BCUT2D eigenvalue weighted by Gasteiger charge is 2.67. The van der Waals surface area contributed by atoms with E-state index in [9.17, 15) is 29.4 Å². The van der Waals surface area contributed by atoms with Gasteiger partial charge in [0.15, 0.2) is 28.9 Å². The second-order valence-electron chi connectivity index (χ2n) is 13.1. The van der Waals surface area contributed by atoms with E-state index < -0.39 is 52.7 Å². The molecule has 1 amide bonds. The Balaban J connectivity index is 1.51. The lowest BCUT2D eigenvalue weighted by molar-refractivity contribution is -0.171. The van der Waals surface area contributed by atoms with Crippen molar-refractivity contribution in [1.29, 1.82) is 0 Å². The number of Topliss-reactive ketones (excluding diaryl/α,β-unsaturated/α-hetero) is 3. The third-order valence-electron chi connectivity index (χ3n) is 10.2. The largest absolute Gasteiger partial charge is 0.507 e. The number of fused-ring (bicyclic) bond motifs is 3. The van der Waals surface area contributed by atoms with Crippen LogP contribution in [0.1, 0.15) is 61.0 Å². The predicted octanol–water partition coefficient (Wildman–Crippen LogP) is 2.00. The smallest absolute Gasteiger partial charge is 0.235 e. The molecule has 0 bridgehead atoms. The molecule has 0 spiro atoms. The van der Waals surface area contributed by atoms with Gasteiger partial charge >= 0.3 is 0 Å². The Morgan fingerprint density at radius 3 is 2.50 bits per heavy atom. The van der Waals surface area contributed by atoms with Crippen LogP contribution in [-0.2, 0) is 32.1 Å². The summed E-state index contributed by atoms with van der Waals surface area (Å²) in [6.45, 7) is 5.57. The predicted molar refractivity (Wildman–Crippen MR) is 153 cm³/mol. The number of ketones is 3. The van der Waals surface area contributed by atoms with E-state index in [-0.39, 0.29) is 47.5 Å². The number of benzene rings is 1. The number of likely N-dealkylation sites (N-methyl/N-ethyl adjacent to an activating group) is 1. The molecule has 226 valence electrons. The minimum Gasteiger partial charge on any atom is -0.507 e. The molecule has 10 nitrogen and oxygen atoms in total. The average Bonchev–Trinajstić information content (AvgIpc) is 3.45. The van der Waals surface area contributed by atoms with Crippen molar-refractivity contribution in [2.45, 2.75) is 76.3 Å². The lowest BCUT2D eigenvalue weighted by atomic mass is 9.56. The molecule has 5 aliphatic rings. The number of aromatic hydroxyl groups is 1. The fraction of sp³-hybridized carbons (Fsp3) is 0.613. The summed E-state index contributed by atoms with van der Waals surface area (Å²) in [6.07, 6.45) is 2.83. The van der Waals surface area contributed by atoms with E-state index in [1.807, 2.05) is 6.92 Å². The minimum atomic E-state index is -2.42. The van der Waals surface area contributed by atoms with E-state index in [4.69, 9.17) is 22.1 Å². The van der Waals surface area contributed by atoms with Gasteiger partial charge in [0.2, 0.25) is 5.91 Å². The molecule has 8 atom stereocenters. The molecule has 1 saturated heterocycles. The zero-order chi connectivity index (χ0) is 30.4. The Labute approximate surface area is 249 Å². The van der Waals surface area contributed by atoms with Gasteiger partial charge in [-0.2, -0.15) is 0 Å². The maximum atomic E-state index is 14.3. The van der Waals surface area contributed by atoms with Gasteiger partial charge < -0.3 is 20.7 Å². The Kier molecular flexibility index (Phi) is 7.08. The van der Waals surface area contributed by atoms with Crippen LogP contribution in [0.3, 0.4) is 0 Å². The number of primary amides is 1. The molecule has 0 aromatic heterocycles. The van der Waals surface area contributed by atoms with E-state index in [1.54, 1.807) is 19.0 Å². The first-order chi connectivity index (χ1) is 19.8. The van der Waals surface area contributed by atoms with Gasteiger partial charge in [-0.1, -0.05) is 18.5 Å². The average molecular weight is 600 g/mol. The number of amides is 1. The van der Waals surface area contributed by atoms with Gasteiger partial charge in [-0.15, -0.1) is 0 Å². The van der Waals surface area contributed by atoms with Crippen molar-refractivity contribution < 1.29 is 34.1 Å². The minimum absolute atomic E-state index is 0.0337. The Morgan fingerprint density at radius 1 is 1.24 bits per heavy atom. The summed E-state index contributed by atoms with van der Waals surface area (Å²) < 4.78 is 6.28. The standard InChI is InChI=1S/C31H38ClN3O7/c1-13-8-20(13)42-29-21-15(10-18-25(34(3)4)27(38)23(30(33)40)28(39)31(18,29)41)9-17-22(26(21)37)19(36)11-16(24(17)32)12-35-7-5-6-14(35)2/h11,13-15,18,20,23,25,36,41H,5-10,12H2,1-4H3,(H2,33,40). The molecule has 1 aromatic carbocycles. The van der Waals surface area contributed by atoms with E-state index >= 15 is 0 Å². The highest BCUT2D eigenvalue weighted by Crippen LogP contribution is 2.55. The third-order valence-corrected chi connectivity index (χ3v) is 10.7. The van der Waals surface area contributed by atoms with Gasteiger partial charge in [0.25, 0.3) is 0 Å². The maximum Gasteiger partial charge on any atom is 0.235 e. The lowest BCUT2D eigenvalue weighted by Crippen LogP contribution is -2.70. The van der Waals surface area contributed by atoms with Crippen LogP contribution >= 0.6 is 11.6 Å². The summed E-state index contributed by atoms with van der Waals surface area (Å²) in [5.74, 6) is -7.16. The van der Waals surface area contributed by atoms with Gasteiger partial charge in [-0.3, -0.25) is 29.0 Å². The van der Waals surface area contributed by atoms with Crippen LogP contribution in [0.4, 0.5) is 0 Å². The van der Waals surface area contributed by atoms with Crippen molar-refractivity contribution in [2.75, 3.05) is 20.6 Å². The van der Waals surface area contributed by atoms with Crippen LogP contribution in [0.25, 0.3) is 0 Å². The number of nitrogens with zero attached hydrogens (tertiary/aromatic N) is 2. The second-order valence-corrected chi connectivity index (χ2v) is 13.5. The van der Waals surface area contributed by atoms with Gasteiger partial charge in [-0.05, 0) is 88.7 Å². The van der Waals surface area contributed by atoms with Crippen LogP contribution < -0.4 is 5.73 Å². The number of hydrogen-bond donors (Lipinski definition) is 3. The molecule has 4 N–H and O–H groups in total. The molecule has 0 radical (unpaired) electrons. The number of nitrogens with two attached hydrogens (primary N) is 1. The zero-order valence-corrected chi connectivity index (χ0v) is 25.1. The fourth-order valence-corrected chi connectivity index (χ4v) is 8.07. The molecular formula is C31H38ClN3O7. The van der Waals surface area contributed by atoms with Crippen LogP contribution in [-0.4, -0.2) is 87.7 Å². The van der Waals surface area contributed by atoms with Crippen LogP contribution in [0.5, 0.6) is 5.75 Å². The van der Waals surface area contributed by atoms with E-state index in [2.05, 4.69) is 11.8 Å². The number of ether oxygens (including phenoxy) is 1. The van der Waals surface area contributed by atoms with Crippen LogP contribution in [0.2, 0.25) is 5.02 Å². The zero-order valence-electron chi connectivity index (χ0n) is 24.4. The summed E-state index contributed by atoms with van der Waals surface area (Å²) in [6, 6.07) is 0.889. The van der Waals surface area contributed by atoms with Crippen molar-refractivity contribution in [2.24, 2.45) is 29.4 Å². The molecule has 4 aliphatic carbocycles. The molecule has 6 rings (SSSR count). The normalized spacial score (nSPS) is 36.2. The summed E-state index contributed by atoms with van der Waals surface area (Å²) >= 11 is 6.96. The molecular weight excluding hydrogens is 562 g/mol. The topological polar surface area (TPSA) is 150 Å². The molecule has 1 aliphatic heterocycles. The maximum absolute atomic E-state index is 14.3. The Bertz CT molecular complexity index is 1440. The second kappa shape index (κ2) is 10.1. The Morgan fingerprint density at radius 2 is 1.93 bits per heavy atom. The third kappa shape index (κ3) is 4.24. The van der Waals surface area contributed by atoms with Gasteiger partial charge in [0, 0.05) is 29.1 Å². The first-order valence-corrected chi connectivity index (χ1v) is 15.1. The summed E-state index contributed by atoms with van der Waals surface area (Å²) in [5, 5.41) is 23.9. The number of aliphatic hydroxyl groups is 1. The van der Waals surface area contributed by atoms with Crippen molar-refractivity contribution in [3.63, 3.8) is 0 Å². The number of phenols is 1. The van der Waals surface area contributed by atoms with Crippen molar-refractivity contribution >= 4 is 34.9 Å². The SMILES string of the molecule is CC1CC1OC1=C2C(=O)c3c(O)cc(CN4CCCC4C)c(Cl)c3CC2CC2C(N(C)C)C(=O)C(C(N)=O)C(=O)C12O. The molecule has 2 saturated carbocycles. The quantitative estimate of drug-likeness (QED) is 0.417. The molecule has 1 aromatic rings. The van der Waals surface area contributed by atoms with Crippen LogP contribution in [0.15, 0.2) is 17.4 Å². The number of phenolic OH excluding ortho intramolecular Hbond substituents is 1. The summed E-state index contributed by atoms with van der Waals surface area (Å²) in [5.41, 5.74) is 4.49. The summed E-state index contributed by atoms with van der Waals surface area (Å²) in [7, 11) is 3.28. The number of allylic oxidation sites excluding steroid dienone is 1. The van der Waals surface area contributed by atoms with E-state index in [0.717, 1.165) is 24.9 Å². The first kappa shape index (κ1) is 29.3. The number of rotatable bonds is 6. The number of carbonyl (C=O) groups is 4. The van der Waals surface area contributed by atoms with E-state index in [0.29, 0.717) is 29.6 Å². The highest BCUT2D eigenvalue weighted by atomic mass is 35.5. The number of carbonyl (C=O) groups excluding carboxylic acids is 4. The number of halogens is 1. The molecule has 42 heavy (non-hydrogen) atoms. The summed E-state index contributed by atoms with van der Waals surface area (Å²) in [4.78, 5) is 58.0. The van der Waals surface area contributed by atoms with Gasteiger partial charge in [-0.25, -0.2) is 0 Å². The lowest BCUT2D eigenvalue weighted by Gasteiger charge is -2.52. The van der Waals surface area contributed by atoms with Crippen molar-refractivity contribution in [3.05, 3.63) is 39.1 Å². The van der Waals surface area contributed by atoms with Gasteiger partial charge in [0.1, 0.15) is 17.6 Å². The molecule has 1 heterocycles. The van der Waals surface area contributed by atoms with Crippen molar-refractivity contribution in [3.8, 4) is 5.75 Å². The van der Waals surface area contributed by atoms with Crippen molar-refractivity contribution in [1.82, 2.24) is 9.80 Å². The highest BCUT2D eigenvalue weighted by molar-refractivity contribution is 6.33. The molecule has 11 heteroatoms.